The molecule has 2 aromatic rings. The van der Waals surface area contributed by atoms with Crippen LogP contribution in [0.5, 0.6) is 0 Å². The number of furan rings is 1. The molecule has 0 amide bonds. The summed E-state index contributed by atoms with van der Waals surface area (Å²) in [6.07, 6.45) is 1.03. The molecule has 0 aliphatic carbocycles. The normalized spacial score (nSPS) is 19.2. The van der Waals surface area contributed by atoms with Gasteiger partial charge in [0.2, 0.25) is 0 Å². The van der Waals surface area contributed by atoms with Crippen molar-refractivity contribution in [1.82, 2.24) is 5.32 Å². The molecule has 0 radical (unpaired) electrons. The second-order valence-corrected chi connectivity index (χ2v) is 6.96. The highest BCUT2D eigenvalue weighted by Crippen LogP contribution is 2.26. The summed E-state index contributed by atoms with van der Waals surface area (Å²) >= 11 is 0. The van der Waals surface area contributed by atoms with Gasteiger partial charge in [-0.25, -0.2) is 4.79 Å². The van der Waals surface area contributed by atoms with Crippen molar-refractivity contribution in [2.75, 3.05) is 13.1 Å². The average Bonchev–Trinajstić information content (AvgIpc) is 3.16. The molecule has 24 heavy (non-hydrogen) atoms. The van der Waals surface area contributed by atoms with Gasteiger partial charge in [-0.3, -0.25) is 0 Å². The number of hydrogen-bond donors (Lipinski definition) is 2. The molecule has 1 fully saturated rings. The Morgan fingerprint density at radius 1 is 1.46 bits per heavy atom. The van der Waals surface area contributed by atoms with Gasteiger partial charge in [-0.05, 0) is 43.0 Å². The van der Waals surface area contributed by atoms with E-state index in [-0.39, 0.29) is 12.5 Å². The second kappa shape index (κ2) is 7.36. The highest BCUT2D eigenvalue weighted by molar-refractivity contribution is 5.81. The fourth-order valence-corrected chi connectivity index (χ4v) is 3.38. The first-order valence-electron chi connectivity index (χ1n) is 8.60. The molecule has 0 saturated carbocycles. The summed E-state index contributed by atoms with van der Waals surface area (Å²) in [6.45, 7) is 6.10. The van der Waals surface area contributed by atoms with Gasteiger partial charge in [-0.2, -0.15) is 0 Å². The Hall–Kier alpha value is -1.85. The van der Waals surface area contributed by atoms with Gasteiger partial charge in [-0.15, -0.1) is 0 Å². The zero-order valence-electron chi connectivity index (χ0n) is 14.2. The number of nitrogens with one attached hydrogen (secondary N) is 1. The standard InChI is InChI=1S/C19H25NO4/c1-12(2)8-13-4-3-5-17-16(13)9-15(24-17)11-23-18(19(21)22)14-6-7-20-10-14/h3-5,9,12,14,18,20H,6-8,10-11H2,1-2H3,(H,21,22). The summed E-state index contributed by atoms with van der Waals surface area (Å²) in [5, 5.41) is 13.7. The molecular formula is C19H25NO4. The van der Waals surface area contributed by atoms with Crippen LogP contribution in [0, 0.1) is 11.8 Å². The van der Waals surface area contributed by atoms with Crippen molar-refractivity contribution >= 4 is 16.9 Å². The summed E-state index contributed by atoms with van der Waals surface area (Å²) in [7, 11) is 0. The maximum absolute atomic E-state index is 11.5. The van der Waals surface area contributed by atoms with E-state index in [2.05, 4.69) is 25.2 Å². The molecule has 1 aromatic heterocycles. The maximum Gasteiger partial charge on any atom is 0.333 e. The highest BCUT2D eigenvalue weighted by atomic mass is 16.5. The van der Waals surface area contributed by atoms with E-state index in [1.54, 1.807) is 0 Å². The van der Waals surface area contributed by atoms with Crippen LogP contribution in [-0.4, -0.2) is 30.3 Å². The van der Waals surface area contributed by atoms with E-state index in [1.165, 1.54) is 5.56 Å². The summed E-state index contributed by atoms with van der Waals surface area (Å²) in [6, 6.07) is 8.04. The number of carbonyl (C=O) groups is 1. The van der Waals surface area contributed by atoms with Crippen LogP contribution < -0.4 is 5.32 Å². The number of aliphatic carboxylic acids is 1. The lowest BCUT2D eigenvalue weighted by molar-refractivity contribution is -0.155. The number of hydrogen-bond acceptors (Lipinski definition) is 4. The van der Waals surface area contributed by atoms with Gasteiger partial charge in [-0.1, -0.05) is 26.0 Å². The Labute approximate surface area is 142 Å². The van der Waals surface area contributed by atoms with E-state index in [4.69, 9.17) is 9.15 Å². The minimum Gasteiger partial charge on any atom is -0.479 e. The second-order valence-electron chi connectivity index (χ2n) is 6.96. The lowest BCUT2D eigenvalue weighted by atomic mass is 10.00. The molecule has 2 N–H and O–H groups in total. The van der Waals surface area contributed by atoms with Gasteiger partial charge in [0, 0.05) is 17.8 Å². The minimum atomic E-state index is -0.902. The van der Waals surface area contributed by atoms with Crippen molar-refractivity contribution in [1.29, 1.82) is 0 Å². The third kappa shape index (κ3) is 3.79. The van der Waals surface area contributed by atoms with E-state index in [1.807, 2.05) is 18.2 Å². The Kier molecular flexibility index (Phi) is 5.21. The van der Waals surface area contributed by atoms with Crippen LogP contribution in [0.2, 0.25) is 0 Å². The molecule has 2 heterocycles. The number of rotatable bonds is 7. The molecule has 0 spiro atoms. The van der Waals surface area contributed by atoms with Crippen molar-refractivity contribution in [2.45, 2.75) is 39.4 Å². The van der Waals surface area contributed by atoms with Crippen LogP contribution in [-0.2, 0) is 22.6 Å². The van der Waals surface area contributed by atoms with Crippen LogP contribution >= 0.6 is 0 Å². The van der Waals surface area contributed by atoms with Crippen LogP contribution in [0.1, 0.15) is 31.6 Å². The number of carboxylic acids is 1. The summed E-state index contributed by atoms with van der Waals surface area (Å²) in [5.41, 5.74) is 2.09. The average molecular weight is 331 g/mol. The van der Waals surface area contributed by atoms with Gasteiger partial charge in [0.05, 0.1) is 0 Å². The number of ether oxygens (including phenoxy) is 1. The first-order chi connectivity index (χ1) is 11.5. The van der Waals surface area contributed by atoms with Crippen molar-refractivity contribution in [3.63, 3.8) is 0 Å². The zero-order chi connectivity index (χ0) is 17.1. The molecule has 2 unspecified atom stereocenters. The predicted octanol–water partition coefficient (Wildman–Crippen LogP) is 3.21. The summed E-state index contributed by atoms with van der Waals surface area (Å²) in [4.78, 5) is 11.5. The molecule has 1 saturated heterocycles. The maximum atomic E-state index is 11.5. The lowest BCUT2D eigenvalue weighted by Crippen LogP contribution is -2.33. The van der Waals surface area contributed by atoms with E-state index in [0.717, 1.165) is 30.4 Å². The first-order valence-corrected chi connectivity index (χ1v) is 8.60. The largest absolute Gasteiger partial charge is 0.479 e. The van der Waals surface area contributed by atoms with Gasteiger partial charge in [0.15, 0.2) is 6.10 Å². The van der Waals surface area contributed by atoms with Gasteiger partial charge in [0.25, 0.3) is 0 Å². The Balaban J connectivity index is 1.73. The van der Waals surface area contributed by atoms with Gasteiger partial charge < -0.3 is 19.6 Å². The molecule has 1 aromatic carbocycles. The van der Waals surface area contributed by atoms with E-state index < -0.39 is 12.1 Å². The molecule has 5 nitrogen and oxygen atoms in total. The predicted molar refractivity (Wildman–Crippen MR) is 91.9 cm³/mol. The molecular weight excluding hydrogens is 306 g/mol. The Bertz CT molecular complexity index is 700. The molecule has 0 bridgehead atoms. The third-order valence-corrected chi connectivity index (χ3v) is 4.51. The molecule has 1 aliphatic rings. The Morgan fingerprint density at radius 3 is 2.96 bits per heavy atom. The third-order valence-electron chi connectivity index (χ3n) is 4.51. The minimum absolute atomic E-state index is 0.0170. The van der Waals surface area contributed by atoms with Crippen molar-refractivity contribution in [2.24, 2.45) is 11.8 Å². The topological polar surface area (TPSA) is 71.7 Å². The van der Waals surface area contributed by atoms with E-state index in [0.29, 0.717) is 18.2 Å². The quantitative estimate of drug-likeness (QED) is 0.815. The van der Waals surface area contributed by atoms with E-state index in [9.17, 15) is 9.90 Å². The van der Waals surface area contributed by atoms with Gasteiger partial charge >= 0.3 is 5.97 Å². The molecule has 3 rings (SSSR count). The monoisotopic (exact) mass is 331 g/mol. The van der Waals surface area contributed by atoms with Crippen LogP contribution in [0.3, 0.4) is 0 Å². The zero-order valence-corrected chi connectivity index (χ0v) is 14.2. The van der Waals surface area contributed by atoms with Crippen molar-refractivity contribution in [3.8, 4) is 0 Å². The SMILES string of the molecule is CC(C)Cc1cccc2oc(COC(C(=O)O)C3CCNC3)cc12. The summed E-state index contributed by atoms with van der Waals surface area (Å²) < 4.78 is 11.5. The fraction of sp³-hybridized carbons (Fsp3) is 0.526. The molecule has 5 heteroatoms. The molecule has 2 atom stereocenters. The number of fused-ring (bicyclic) bond motifs is 1. The van der Waals surface area contributed by atoms with E-state index >= 15 is 0 Å². The molecule has 130 valence electrons. The van der Waals surface area contributed by atoms with Crippen molar-refractivity contribution < 1.29 is 19.1 Å². The molecule has 1 aliphatic heterocycles. The smallest absolute Gasteiger partial charge is 0.333 e. The summed E-state index contributed by atoms with van der Waals surface area (Å²) in [5.74, 6) is 0.360. The fourth-order valence-electron chi connectivity index (χ4n) is 3.38. The lowest BCUT2D eigenvalue weighted by Gasteiger charge is -2.18. The van der Waals surface area contributed by atoms with Crippen LogP contribution in [0.25, 0.3) is 11.0 Å². The number of carboxylic acid groups (broad SMARTS) is 1. The highest BCUT2D eigenvalue weighted by Gasteiger charge is 2.31. The van der Waals surface area contributed by atoms with Gasteiger partial charge in [0.1, 0.15) is 18.0 Å². The van der Waals surface area contributed by atoms with Crippen molar-refractivity contribution in [3.05, 3.63) is 35.6 Å². The Morgan fingerprint density at radius 2 is 2.29 bits per heavy atom. The number of benzene rings is 1. The first kappa shape index (κ1) is 17.0. The van der Waals surface area contributed by atoms with Crippen LogP contribution in [0.4, 0.5) is 0 Å². The van der Waals surface area contributed by atoms with Crippen LogP contribution in [0.15, 0.2) is 28.7 Å².